The van der Waals surface area contributed by atoms with Gasteiger partial charge in [0, 0.05) is 12.8 Å². The summed E-state index contributed by atoms with van der Waals surface area (Å²) in [6.07, 6.45) is 80.1. The number of nitrogens with one attached hydrogen (secondary N) is 1. The molecule has 0 rings (SSSR count). The van der Waals surface area contributed by atoms with Gasteiger partial charge in [0.05, 0.1) is 25.4 Å². The van der Waals surface area contributed by atoms with E-state index >= 15 is 0 Å². The van der Waals surface area contributed by atoms with Crippen LogP contribution in [0, 0.1) is 0 Å². The van der Waals surface area contributed by atoms with Gasteiger partial charge in [-0.05, 0) is 25.7 Å². The predicted molar refractivity (Wildman–Crippen MR) is 334 cm³/mol. The van der Waals surface area contributed by atoms with Crippen LogP contribution in [0.3, 0.4) is 0 Å². The number of unbranched alkanes of at least 4 members (excludes halogenated alkanes) is 56. The first-order chi connectivity index (χ1) is 37.5. The third-order valence-corrected chi connectivity index (χ3v) is 16.9. The molecule has 0 aliphatic heterocycles. The Balaban J connectivity index is 3.32. The van der Waals surface area contributed by atoms with Crippen LogP contribution in [0.1, 0.15) is 412 Å². The van der Waals surface area contributed by atoms with Crippen LogP contribution in [-0.2, 0) is 14.3 Å². The number of aliphatic hydroxyl groups excluding tert-OH is 2. The molecule has 0 aromatic carbocycles. The van der Waals surface area contributed by atoms with Crippen molar-refractivity contribution in [1.29, 1.82) is 0 Å². The molecular formula is C70H139NO5. The first kappa shape index (κ1) is 74.9. The van der Waals surface area contributed by atoms with Crippen LogP contribution >= 0.6 is 0 Å². The monoisotopic (exact) mass is 1070 g/mol. The van der Waals surface area contributed by atoms with Crippen molar-refractivity contribution in [3.05, 3.63) is 0 Å². The zero-order valence-electron chi connectivity index (χ0n) is 52.0. The highest BCUT2D eigenvalue weighted by molar-refractivity contribution is 5.76. The molecule has 0 aromatic rings. The fourth-order valence-corrected chi connectivity index (χ4v) is 11.5. The second kappa shape index (κ2) is 66.4. The fraction of sp³-hybridized carbons (Fsp3) is 0.971. The molecule has 0 fully saturated rings. The average Bonchev–Trinajstić information content (AvgIpc) is 3.42. The lowest BCUT2D eigenvalue weighted by molar-refractivity contribution is -0.143. The van der Waals surface area contributed by atoms with E-state index < -0.39 is 12.1 Å². The standard InChI is InChI=1S/C70H139NO5/c1-3-5-7-9-11-13-15-17-19-32-35-38-42-46-50-54-58-62-68(73)67(66-72)71-69(74)63-59-55-51-47-43-39-36-33-30-28-26-24-22-20-21-23-25-27-29-31-34-37-41-45-49-53-57-61-65-76-70(75)64-60-56-52-48-44-40-18-16-14-12-10-8-6-4-2/h67-68,72-73H,3-66H2,1-2H3,(H,71,74). The Hall–Kier alpha value is -1.14. The largest absolute Gasteiger partial charge is 0.466 e. The molecule has 0 spiro atoms. The van der Waals surface area contributed by atoms with E-state index in [0.717, 1.165) is 38.5 Å². The van der Waals surface area contributed by atoms with Crippen LogP contribution in [0.15, 0.2) is 0 Å². The highest BCUT2D eigenvalue weighted by Gasteiger charge is 2.20. The van der Waals surface area contributed by atoms with Gasteiger partial charge in [-0.1, -0.05) is 373 Å². The van der Waals surface area contributed by atoms with E-state index in [1.54, 1.807) is 0 Å². The minimum absolute atomic E-state index is 0.0223. The Morgan fingerprint density at radius 1 is 0.316 bits per heavy atom. The minimum Gasteiger partial charge on any atom is -0.466 e. The van der Waals surface area contributed by atoms with E-state index in [9.17, 15) is 19.8 Å². The Kier molecular flexibility index (Phi) is 65.4. The molecular weight excluding hydrogens is 935 g/mol. The number of esters is 1. The number of carbonyl (C=O) groups is 2. The number of carbonyl (C=O) groups excluding carboxylic acids is 2. The van der Waals surface area contributed by atoms with Crippen molar-refractivity contribution in [1.82, 2.24) is 5.32 Å². The molecule has 76 heavy (non-hydrogen) atoms. The average molecular weight is 1070 g/mol. The Morgan fingerprint density at radius 2 is 0.539 bits per heavy atom. The molecule has 1 amide bonds. The van der Waals surface area contributed by atoms with Crippen molar-refractivity contribution in [2.45, 2.75) is 424 Å². The van der Waals surface area contributed by atoms with Crippen LogP contribution in [0.2, 0.25) is 0 Å². The third-order valence-electron chi connectivity index (χ3n) is 16.9. The summed E-state index contributed by atoms with van der Waals surface area (Å²) in [7, 11) is 0. The summed E-state index contributed by atoms with van der Waals surface area (Å²) >= 11 is 0. The number of amides is 1. The molecule has 0 aliphatic rings. The molecule has 6 heteroatoms. The number of hydrogen-bond donors (Lipinski definition) is 3. The van der Waals surface area contributed by atoms with Crippen molar-refractivity contribution in [2.75, 3.05) is 13.2 Å². The van der Waals surface area contributed by atoms with Gasteiger partial charge >= 0.3 is 5.97 Å². The molecule has 0 bridgehead atoms. The molecule has 0 aliphatic carbocycles. The molecule has 454 valence electrons. The first-order valence-corrected chi connectivity index (χ1v) is 35.3. The van der Waals surface area contributed by atoms with E-state index in [1.807, 2.05) is 0 Å². The minimum atomic E-state index is -0.661. The lowest BCUT2D eigenvalue weighted by atomic mass is 10.0. The van der Waals surface area contributed by atoms with Gasteiger partial charge in [-0.25, -0.2) is 0 Å². The molecule has 0 heterocycles. The summed E-state index contributed by atoms with van der Waals surface area (Å²) in [6.45, 7) is 5.00. The maximum absolute atomic E-state index is 12.5. The molecule has 0 aromatic heterocycles. The predicted octanol–water partition coefficient (Wildman–Crippen LogP) is 22.6. The van der Waals surface area contributed by atoms with Crippen LogP contribution < -0.4 is 5.32 Å². The first-order valence-electron chi connectivity index (χ1n) is 35.3. The third kappa shape index (κ3) is 62.1. The maximum Gasteiger partial charge on any atom is 0.305 e. The topological polar surface area (TPSA) is 95.9 Å². The van der Waals surface area contributed by atoms with E-state index in [-0.39, 0.29) is 18.5 Å². The summed E-state index contributed by atoms with van der Waals surface area (Å²) < 4.78 is 5.50. The van der Waals surface area contributed by atoms with Gasteiger partial charge in [-0.15, -0.1) is 0 Å². The van der Waals surface area contributed by atoms with Crippen LogP contribution in [0.25, 0.3) is 0 Å². The Labute approximate surface area is 476 Å². The summed E-state index contributed by atoms with van der Waals surface area (Å²) in [4.78, 5) is 24.6. The van der Waals surface area contributed by atoms with Gasteiger partial charge in [0.25, 0.3) is 0 Å². The molecule has 2 atom stereocenters. The highest BCUT2D eigenvalue weighted by atomic mass is 16.5. The van der Waals surface area contributed by atoms with Crippen LogP contribution in [0.5, 0.6) is 0 Å². The van der Waals surface area contributed by atoms with Gasteiger partial charge in [0.1, 0.15) is 0 Å². The van der Waals surface area contributed by atoms with Crippen LogP contribution in [-0.4, -0.2) is 47.4 Å². The van der Waals surface area contributed by atoms with Crippen molar-refractivity contribution >= 4 is 11.9 Å². The number of aliphatic hydroxyl groups is 2. The second-order valence-electron chi connectivity index (χ2n) is 24.6. The van der Waals surface area contributed by atoms with Crippen molar-refractivity contribution < 1.29 is 24.5 Å². The number of ether oxygens (including phenoxy) is 1. The second-order valence-corrected chi connectivity index (χ2v) is 24.6. The summed E-state index contributed by atoms with van der Waals surface area (Å²) in [5.41, 5.74) is 0. The summed E-state index contributed by atoms with van der Waals surface area (Å²) in [5, 5.41) is 23.4. The molecule has 0 saturated heterocycles. The summed E-state index contributed by atoms with van der Waals surface area (Å²) in [5.74, 6) is -0.00501. The normalized spacial score (nSPS) is 12.4. The molecule has 3 N–H and O–H groups in total. The smallest absolute Gasteiger partial charge is 0.305 e. The van der Waals surface area contributed by atoms with E-state index in [2.05, 4.69) is 19.2 Å². The number of hydrogen-bond acceptors (Lipinski definition) is 5. The fourth-order valence-electron chi connectivity index (χ4n) is 11.5. The quantitative estimate of drug-likeness (QED) is 0.0417. The van der Waals surface area contributed by atoms with Gasteiger partial charge in [0.2, 0.25) is 5.91 Å². The van der Waals surface area contributed by atoms with E-state index in [0.29, 0.717) is 25.9 Å². The molecule has 0 saturated carbocycles. The van der Waals surface area contributed by atoms with Crippen molar-refractivity contribution in [3.63, 3.8) is 0 Å². The Morgan fingerprint density at radius 3 is 0.803 bits per heavy atom. The highest BCUT2D eigenvalue weighted by Crippen LogP contribution is 2.20. The SMILES string of the molecule is CCCCCCCCCCCCCCCCCCCC(O)C(CO)NC(=O)CCCCCCCCCCCCCCCCCCCCCCCCCCCCCCOC(=O)CCCCCCCCCCCCCCCC. The zero-order valence-corrected chi connectivity index (χ0v) is 52.0. The van der Waals surface area contributed by atoms with E-state index in [4.69, 9.17) is 4.74 Å². The number of rotatable bonds is 67. The zero-order chi connectivity index (χ0) is 55.0. The van der Waals surface area contributed by atoms with Crippen LogP contribution in [0.4, 0.5) is 0 Å². The maximum atomic E-state index is 12.5. The van der Waals surface area contributed by atoms with Gasteiger partial charge < -0.3 is 20.3 Å². The lowest BCUT2D eigenvalue weighted by Crippen LogP contribution is -2.45. The van der Waals surface area contributed by atoms with Crippen molar-refractivity contribution in [3.8, 4) is 0 Å². The van der Waals surface area contributed by atoms with Gasteiger partial charge in [0.15, 0.2) is 0 Å². The van der Waals surface area contributed by atoms with E-state index in [1.165, 1.54) is 340 Å². The molecule has 0 radical (unpaired) electrons. The van der Waals surface area contributed by atoms with Gasteiger partial charge in [-0.2, -0.15) is 0 Å². The van der Waals surface area contributed by atoms with Crippen molar-refractivity contribution in [2.24, 2.45) is 0 Å². The molecule has 2 unspecified atom stereocenters. The summed E-state index contributed by atoms with van der Waals surface area (Å²) in [6, 6.07) is -0.538. The Bertz CT molecular complexity index is 1100. The lowest BCUT2D eigenvalue weighted by Gasteiger charge is -2.22. The van der Waals surface area contributed by atoms with Gasteiger partial charge in [-0.3, -0.25) is 9.59 Å². The molecule has 6 nitrogen and oxygen atoms in total.